The molecule has 1 N–H and O–H groups in total. The highest BCUT2D eigenvalue weighted by Gasteiger charge is 2.12. The van der Waals surface area contributed by atoms with Crippen LogP contribution in [0.5, 0.6) is 11.6 Å². The second-order valence-electron chi connectivity index (χ2n) is 4.99. The molecule has 21 heavy (non-hydrogen) atoms. The molecule has 0 bridgehead atoms. The summed E-state index contributed by atoms with van der Waals surface area (Å²) in [7, 11) is 0. The van der Waals surface area contributed by atoms with Crippen molar-refractivity contribution in [2.75, 3.05) is 11.9 Å². The van der Waals surface area contributed by atoms with Crippen LogP contribution in [0.3, 0.4) is 0 Å². The van der Waals surface area contributed by atoms with Crippen molar-refractivity contribution in [3.8, 4) is 11.6 Å². The van der Waals surface area contributed by atoms with Crippen LogP contribution in [-0.4, -0.2) is 16.5 Å². The Hall–Kier alpha value is -2.17. The van der Waals surface area contributed by atoms with E-state index in [-0.39, 0.29) is 5.82 Å². The Bertz CT molecular complexity index is 644. The van der Waals surface area contributed by atoms with Gasteiger partial charge in [-0.25, -0.2) is 9.37 Å². The molecule has 1 aromatic heterocycles. The van der Waals surface area contributed by atoms with Gasteiger partial charge in [-0.2, -0.15) is 4.98 Å². The predicted octanol–water partition coefficient (Wildman–Crippen LogP) is 4.16. The molecule has 0 unspecified atom stereocenters. The molecule has 0 aliphatic carbocycles. The van der Waals surface area contributed by atoms with Crippen molar-refractivity contribution < 1.29 is 9.13 Å². The highest BCUT2D eigenvalue weighted by molar-refractivity contribution is 5.50. The van der Waals surface area contributed by atoms with Gasteiger partial charge in [0.15, 0.2) is 0 Å². The smallest absolute Gasteiger partial charge is 0.227 e. The third-order valence-electron chi connectivity index (χ3n) is 3.11. The summed E-state index contributed by atoms with van der Waals surface area (Å²) in [5, 5.41) is 3.25. The topological polar surface area (TPSA) is 47.0 Å². The fraction of sp³-hybridized carbons (Fsp3) is 0.375. The van der Waals surface area contributed by atoms with Gasteiger partial charge in [-0.15, -0.1) is 0 Å². The van der Waals surface area contributed by atoms with Crippen LogP contribution in [0, 0.1) is 26.6 Å². The molecule has 0 saturated carbocycles. The number of anilines is 1. The summed E-state index contributed by atoms with van der Waals surface area (Å²) >= 11 is 0. The van der Waals surface area contributed by atoms with Crippen LogP contribution in [0.25, 0.3) is 0 Å². The monoisotopic (exact) mass is 289 g/mol. The Kier molecular flexibility index (Phi) is 4.73. The minimum atomic E-state index is -0.330. The first-order valence-electron chi connectivity index (χ1n) is 7.04. The van der Waals surface area contributed by atoms with Crippen molar-refractivity contribution in [1.29, 1.82) is 0 Å². The van der Waals surface area contributed by atoms with E-state index in [2.05, 4.69) is 22.2 Å². The maximum Gasteiger partial charge on any atom is 0.227 e. The van der Waals surface area contributed by atoms with E-state index in [4.69, 9.17) is 4.74 Å². The highest BCUT2D eigenvalue weighted by atomic mass is 19.1. The molecule has 1 aromatic carbocycles. The number of nitrogens with one attached hydrogen (secondary N) is 1. The van der Waals surface area contributed by atoms with Gasteiger partial charge in [-0.3, -0.25) is 0 Å². The zero-order valence-corrected chi connectivity index (χ0v) is 12.8. The minimum absolute atomic E-state index is 0.330. The Morgan fingerprint density at radius 1 is 1.19 bits per heavy atom. The first kappa shape index (κ1) is 15.2. The minimum Gasteiger partial charge on any atom is -0.438 e. The van der Waals surface area contributed by atoms with Gasteiger partial charge in [0.05, 0.1) is 5.56 Å². The lowest BCUT2D eigenvalue weighted by molar-refractivity contribution is 0.448. The molecule has 5 heteroatoms. The Labute approximate surface area is 124 Å². The Balaban J connectivity index is 2.35. The molecule has 0 spiro atoms. The third-order valence-corrected chi connectivity index (χ3v) is 3.11. The van der Waals surface area contributed by atoms with Gasteiger partial charge >= 0.3 is 0 Å². The fourth-order valence-corrected chi connectivity index (χ4v) is 1.91. The number of halogens is 1. The summed E-state index contributed by atoms with van der Waals surface area (Å²) in [4.78, 5) is 8.69. The van der Waals surface area contributed by atoms with Crippen molar-refractivity contribution in [3.05, 3.63) is 41.0 Å². The summed E-state index contributed by atoms with van der Waals surface area (Å²) in [5.74, 6) is 1.97. The SMILES string of the molecule is CCCNc1nc(C)nc(Oc2cc(F)ccc2C)c1C. The quantitative estimate of drug-likeness (QED) is 0.898. The average molecular weight is 289 g/mol. The number of rotatable bonds is 5. The maximum absolute atomic E-state index is 13.4. The molecule has 0 atom stereocenters. The first-order chi connectivity index (χ1) is 10.0. The van der Waals surface area contributed by atoms with E-state index in [1.165, 1.54) is 12.1 Å². The molecule has 0 amide bonds. The molecule has 0 fully saturated rings. The number of nitrogens with zero attached hydrogens (tertiary/aromatic N) is 2. The van der Waals surface area contributed by atoms with Crippen molar-refractivity contribution in [1.82, 2.24) is 9.97 Å². The molecular formula is C16H20FN3O. The number of hydrogen-bond acceptors (Lipinski definition) is 4. The molecule has 112 valence electrons. The van der Waals surface area contributed by atoms with Crippen LogP contribution < -0.4 is 10.1 Å². The summed E-state index contributed by atoms with van der Waals surface area (Å²) in [6.07, 6.45) is 1.00. The highest BCUT2D eigenvalue weighted by Crippen LogP contribution is 2.29. The standard InChI is InChI=1S/C16H20FN3O/c1-5-8-18-15-11(3)16(20-12(4)19-15)21-14-9-13(17)7-6-10(14)2/h6-7,9H,5,8H2,1-4H3,(H,18,19,20). The summed E-state index contributed by atoms with van der Waals surface area (Å²) in [5.41, 5.74) is 1.67. The van der Waals surface area contributed by atoms with Crippen LogP contribution in [0.4, 0.5) is 10.2 Å². The van der Waals surface area contributed by atoms with Gasteiger partial charge in [0.25, 0.3) is 0 Å². The van der Waals surface area contributed by atoms with Gasteiger partial charge in [0.2, 0.25) is 5.88 Å². The van der Waals surface area contributed by atoms with Gasteiger partial charge in [0.1, 0.15) is 23.2 Å². The Morgan fingerprint density at radius 2 is 1.95 bits per heavy atom. The molecule has 1 heterocycles. The van der Waals surface area contributed by atoms with Crippen LogP contribution in [0.15, 0.2) is 18.2 Å². The van der Waals surface area contributed by atoms with E-state index in [1.807, 2.05) is 20.8 Å². The van der Waals surface area contributed by atoms with Crippen molar-refractivity contribution in [2.24, 2.45) is 0 Å². The summed E-state index contributed by atoms with van der Waals surface area (Å²) < 4.78 is 19.1. The molecular weight excluding hydrogens is 269 g/mol. The van der Waals surface area contributed by atoms with Gasteiger partial charge in [0, 0.05) is 12.6 Å². The maximum atomic E-state index is 13.4. The number of hydrogen-bond donors (Lipinski definition) is 1. The summed E-state index contributed by atoms with van der Waals surface area (Å²) in [6, 6.07) is 4.46. The summed E-state index contributed by atoms with van der Waals surface area (Å²) in [6.45, 7) is 8.48. The molecule has 0 radical (unpaired) electrons. The van der Waals surface area contributed by atoms with Gasteiger partial charge in [-0.1, -0.05) is 13.0 Å². The largest absolute Gasteiger partial charge is 0.438 e. The van der Waals surface area contributed by atoms with E-state index < -0.39 is 0 Å². The van der Waals surface area contributed by atoms with E-state index in [9.17, 15) is 4.39 Å². The molecule has 0 aliphatic rings. The predicted molar refractivity (Wildman–Crippen MR) is 81.5 cm³/mol. The normalized spacial score (nSPS) is 10.5. The molecule has 2 aromatic rings. The number of benzene rings is 1. The fourth-order valence-electron chi connectivity index (χ4n) is 1.91. The number of ether oxygens (including phenoxy) is 1. The number of aryl methyl sites for hydroxylation is 2. The van der Waals surface area contributed by atoms with E-state index in [1.54, 1.807) is 6.07 Å². The second-order valence-corrected chi connectivity index (χ2v) is 4.99. The number of aromatic nitrogens is 2. The van der Waals surface area contributed by atoms with Crippen LogP contribution in [-0.2, 0) is 0 Å². The van der Waals surface area contributed by atoms with Crippen LogP contribution >= 0.6 is 0 Å². The molecule has 2 rings (SSSR count). The van der Waals surface area contributed by atoms with Crippen LogP contribution in [0.1, 0.15) is 30.3 Å². The zero-order valence-electron chi connectivity index (χ0n) is 12.8. The van der Waals surface area contributed by atoms with E-state index in [0.717, 1.165) is 29.9 Å². The molecule has 0 aliphatic heterocycles. The lowest BCUT2D eigenvalue weighted by Gasteiger charge is -2.14. The van der Waals surface area contributed by atoms with Crippen molar-refractivity contribution in [2.45, 2.75) is 34.1 Å². The van der Waals surface area contributed by atoms with Gasteiger partial charge < -0.3 is 10.1 Å². The third kappa shape index (κ3) is 3.68. The van der Waals surface area contributed by atoms with E-state index >= 15 is 0 Å². The van der Waals surface area contributed by atoms with Crippen molar-refractivity contribution >= 4 is 5.82 Å². The lowest BCUT2D eigenvalue weighted by Crippen LogP contribution is -2.07. The average Bonchev–Trinajstić information content (AvgIpc) is 2.44. The second kappa shape index (κ2) is 6.52. The Morgan fingerprint density at radius 3 is 2.67 bits per heavy atom. The van der Waals surface area contributed by atoms with Crippen molar-refractivity contribution in [3.63, 3.8) is 0 Å². The van der Waals surface area contributed by atoms with E-state index in [0.29, 0.717) is 17.5 Å². The lowest BCUT2D eigenvalue weighted by atomic mass is 10.2. The molecule has 0 saturated heterocycles. The van der Waals surface area contributed by atoms with Gasteiger partial charge in [-0.05, 0) is 38.8 Å². The first-order valence-corrected chi connectivity index (χ1v) is 7.04. The zero-order chi connectivity index (χ0) is 15.4. The molecule has 4 nitrogen and oxygen atoms in total. The van der Waals surface area contributed by atoms with Crippen LogP contribution in [0.2, 0.25) is 0 Å².